The number of rotatable bonds is 5. The monoisotopic (exact) mass is 195 g/mol. The van der Waals surface area contributed by atoms with E-state index in [1.54, 1.807) is 7.11 Å². The minimum atomic E-state index is -0.737. The largest absolute Gasteiger partial charge is 0.497 e. The van der Waals surface area contributed by atoms with Crippen LogP contribution < -0.4 is 4.74 Å². The van der Waals surface area contributed by atoms with E-state index in [-0.39, 0.29) is 6.42 Å². The average molecular weight is 195 g/mol. The second kappa shape index (κ2) is 5.27. The maximum absolute atomic E-state index is 10.3. The lowest BCUT2D eigenvalue weighted by Gasteiger charge is -2.02. The summed E-state index contributed by atoms with van der Waals surface area (Å²) in [6, 6.07) is 7.69. The first-order valence-corrected chi connectivity index (χ1v) is 4.57. The molecule has 0 spiro atoms. The Bertz CT molecular complexity index is 290. The number of aliphatic carboxylic acids is 1. The number of hydrogen-bond donors (Lipinski definition) is 1. The second-order valence-electron chi connectivity index (χ2n) is 3.10. The van der Waals surface area contributed by atoms with Gasteiger partial charge in [0.05, 0.1) is 7.11 Å². The first-order chi connectivity index (χ1) is 6.72. The van der Waals surface area contributed by atoms with Crippen molar-refractivity contribution in [3.8, 4) is 5.75 Å². The van der Waals surface area contributed by atoms with Gasteiger partial charge in [-0.15, -0.1) is 0 Å². The number of hydrogen-bond acceptors (Lipinski definition) is 2. The molecule has 0 aliphatic heterocycles. The molecule has 0 amide bonds. The van der Waals surface area contributed by atoms with Crippen LogP contribution in [0, 0.1) is 0 Å². The van der Waals surface area contributed by atoms with Gasteiger partial charge in [-0.3, -0.25) is 4.79 Å². The van der Waals surface area contributed by atoms with E-state index in [0.717, 1.165) is 17.7 Å². The molecule has 0 atom stereocenters. The van der Waals surface area contributed by atoms with Crippen molar-refractivity contribution < 1.29 is 14.6 Å². The molecule has 14 heavy (non-hydrogen) atoms. The number of carboxylic acid groups (broad SMARTS) is 1. The molecule has 76 valence electrons. The van der Waals surface area contributed by atoms with Gasteiger partial charge in [0.2, 0.25) is 0 Å². The third kappa shape index (κ3) is 3.47. The molecular weight excluding hydrogens is 181 g/mol. The van der Waals surface area contributed by atoms with Gasteiger partial charge >= 0.3 is 5.97 Å². The highest BCUT2D eigenvalue weighted by atomic mass is 16.5. The topological polar surface area (TPSA) is 46.5 Å². The van der Waals surface area contributed by atoms with Crippen LogP contribution in [0.4, 0.5) is 0 Å². The van der Waals surface area contributed by atoms with Crippen LogP contribution in [-0.4, -0.2) is 18.2 Å². The van der Waals surface area contributed by atoms with Gasteiger partial charge in [0.1, 0.15) is 5.75 Å². The molecule has 0 saturated heterocycles. The Labute approximate surface area is 83.3 Å². The van der Waals surface area contributed by atoms with Gasteiger partial charge in [0.15, 0.2) is 0 Å². The first kappa shape index (κ1) is 10.6. The molecule has 3 heteroatoms. The summed E-state index contributed by atoms with van der Waals surface area (Å²) in [6.45, 7) is 0. The maximum atomic E-state index is 10.3. The summed E-state index contributed by atoms with van der Waals surface area (Å²) in [5, 5.41) is 8.45. The molecule has 0 radical (unpaired) electrons. The van der Waals surface area contributed by atoms with Crippen LogP contribution in [-0.2, 0) is 11.2 Å². The standard InChI is InChI=1S/C11H14O3/c1-14-10-7-5-9(6-8-10)3-2-4-11(12)13/h5-8H,2-4H2,1H3,(H,12,13)/i11+1. The third-order valence-electron chi connectivity index (χ3n) is 2.02. The van der Waals surface area contributed by atoms with E-state index in [1.165, 1.54) is 0 Å². The van der Waals surface area contributed by atoms with Crippen LogP contribution in [0.3, 0.4) is 0 Å². The van der Waals surface area contributed by atoms with E-state index in [2.05, 4.69) is 0 Å². The van der Waals surface area contributed by atoms with Crippen molar-refractivity contribution in [3.05, 3.63) is 29.8 Å². The van der Waals surface area contributed by atoms with Crippen LogP contribution in [0.1, 0.15) is 18.4 Å². The van der Waals surface area contributed by atoms with Crippen molar-refractivity contribution in [2.24, 2.45) is 0 Å². The molecular formula is C11H14O3. The molecule has 0 aliphatic rings. The summed E-state index contributed by atoms with van der Waals surface area (Å²) in [5.41, 5.74) is 1.15. The van der Waals surface area contributed by atoms with Gasteiger partial charge in [0.25, 0.3) is 0 Å². The third-order valence-corrected chi connectivity index (χ3v) is 2.02. The Balaban J connectivity index is 2.40. The average Bonchev–Trinajstić information content (AvgIpc) is 2.18. The highest BCUT2D eigenvalue weighted by Crippen LogP contribution is 2.12. The number of carboxylic acids is 1. The lowest BCUT2D eigenvalue weighted by atomic mass is 10.1. The van der Waals surface area contributed by atoms with Crippen molar-refractivity contribution in [1.82, 2.24) is 0 Å². The van der Waals surface area contributed by atoms with Crippen molar-refractivity contribution in [2.75, 3.05) is 7.11 Å². The fraction of sp³-hybridized carbons (Fsp3) is 0.364. The Morgan fingerprint density at radius 3 is 2.50 bits per heavy atom. The SMILES string of the molecule is COc1ccc(CCC[13C](=O)O)cc1. The van der Waals surface area contributed by atoms with E-state index in [0.29, 0.717) is 6.42 Å². The van der Waals surface area contributed by atoms with Gasteiger partial charge in [-0.1, -0.05) is 12.1 Å². The summed E-state index contributed by atoms with van der Waals surface area (Å²) in [5.74, 6) is 0.0884. The number of methoxy groups -OCH3 is 1. The molecule has 0 aromatic heterocycles. The highest BCUT2D eigenvalue weighted by Gasteiger charge is 1.98. The molecule has 1 aromatic rings. The fourth-order valence-corrected chi connectivity index (χ4v) is 1.24. The number of aryl methyl sites for hydroxylation is 1. The molecule has 0 aliphatic carbocycles. The Hall–Kier alpha value is -1.51. The Morgan fingerprint density at radius 2 is 2.00 bits per heavy atom. The smallest absolute Gasteiger partial charge is 0.303 e. The minimum absolute atomic E-state index is 0.228. The summed E-state index contributed by atoms with van der Waals surface area (Å²) in [7, 11) is 1.62. The lowest BCUT2D eigenvalue weighted by molar-refractivity contribution is -0.137. The van der Waals surface area contributed by atoms with Crippen LogP contribution in [0.15, 0.2) is 24.3 Å². The van der Waals surface area contributed by atoms with Crippen molar-refractivity contribution in [3.63, 3.8) is 0 Å². The maximum Gasteiger partial charge on any atom is 0.303 e. The molecule has 1 rings (SSSR count). The summed E-state index contributed by atoms with van der Waals surface area (Å²) in [6.07, 6.45) is 1.71. The predicted molar refractivity (Wildman–Crippen MR) is 53.6 cm³/mol. The quantitative estimate of drug-likeness (QED) is 0.732. The first-order valence-electron chi connectivity index (χ1n) is 4.57. The predicted octanol–water partition coefficient (Wildman–Crippen LogP) is 2.10. The van der Waals surface area contributed by atoms with Crippen LogP contribution in [0.5, 0.6) is 5.75 Å². The van der Waals surface area contributed by atoms with Crippen LogP contribution in [0.2, 0.25) is 0 Å². The molecule has 0 saturated carbocycles. The number of carbonyl (C=O) groups is 1. The molecule has 0 unspecified atom stereocenters. The van der Waals surface area contributed by atoms with E-state index >= 15 is 0 Å². The lowest BCUT2D eigenvalue weighted by Crippen LogP contribution is -1.95. The molecule has 3 nitrogen and oxygen atoms in total. The summed E-state index contributed by atoms with van der Waals surface area (Å²) < 4.78 is 5.02. The van der Waals surface area contributed by atoms with Crippen molar-refractivity contribution >= 4 is 5.97 Å². The van der Waals surface area contributed by atoms with Crippen molar-refractivity contribution in [1.29, 1.82) is 0 Å². The Kier molecular flexibility index (Phi) is 3.98. The minimum Gasteiger partial charge on any atom is -0.497 e. The molecule has 0 fully saturated rings. The zero-order valence-corrected chi connectivity index (χ0v) is 8.19. The number of benzene rings is 1. The van der Waals surface area contributed by atoms with E-state index in [1.807, 2.05) is 24.3 Å². The molecule has 1 N–H and O–H groups in total. The molecule has 1 aromatic carbocycles. The van der Waals surface area contributed by atoms with E-state index in [9.17, 15) is 4.79 Å². The van der Waals surface area contributed by atoms with E-state index in [4.69, 9.17) is 9.84 Å². The summed E-state index contributed by atoms with van der Waals surface area (Å²) >= 11 is 0. The van der Waals surface area contributed by atoms with Gasteiger partial charge in [-0.2, -0.15) is 0 Å². The molecule has 0 heterocycles. The second-order valence-corrected chi connectivity index (χ2v) is 3.10. The van der Waals surface area contributed by atoms with Crippen LogP contribution >= 0.6 is 0 Å². The number of ether oxygens (including phenoxy) is 1. The normalized spacial score (nSPS) is 9.79. The van der Waals surface area contributed by atoms with Gasteiger partial charge in [-0.05, 0) is 30.5 Å². The van der Waals surface area contributed by atoms with E-state index < -0.39 is 5.97 Å². The van der Waals surface area contributed by atoms with Gasteiger partial charge < -0.3 is 9.84 Å². The highest BCUT2D eigenvalue weighted by molar-refractivity contribution is 5.66. The summed E-state index contributed by atoms with van der Waals surface area (Å²) in [4.78, 5) is 10.3. The Morgan fingerprint density at radius 1 is 1.36 bits per heavy atom. The molecule has 0 bridgehead atoms. The fourth-order valence-electron chi connectivity index (χ4n) is 1.24. The van der Waals surface area contributed by atoms with Gasteiger partial charge in [0, 0.05) is 6.42 Å². The van der Waals surface area contributed by atoms with Crippen LogP contribution in [0.25, 0.3) is 0 Å². The van der Waals surface area contributed by atoms with Gasteiger partial charge in [-0.25, -0.2) is 0 Å². The van der Waals surface area contributed by atoms with Crippen molar-refractivity contribution in [2.45, 2.75) is 19.3 Å². The zero-order chi connectivity index (χ0) is 10.4. The zero-order valence-electron chi connectivity index (χ0n) is 8.19.